The van der Waals surface area contributed by atoms with Crippen molar-refractivity contribution in [3.05, 3.63) is 86.2 Å². The van der Waals surface area contributed by atoms with Crippen molar-refractivity contribution in [1.82, 2.24) is 18.8 Å². The molecule has 0 amide bonds. The van der Waals surface area contributed by atoms with E-state index in [1.807, 2.05) is 24.3 Å². The molecular weight excluding hydrogens is 536 g/mol. The Hall–Kier alpha value is -5.38. The van der Waals surface area contributed by atoms with Crippen molar-refractivity contribution in [2.45, 2.75) is 19.3 Å². The Morgan fingerprint density at radius 1 is 0.833 bits per heavy atom. The summed E-state index contributed by atoms with van der Waals surface area (Å²) in [7, 11) is 2.70. The normalized spacial score (nSPS) is 15.0. The van der Waals surface area contributed by atoms with Crippen molar-refractivity contribution < 1.29 is 19.1 Å². The van der Waals surface area contributed by atoms with E-state index >= 15 is 0 Å². The molecule has 4 heterocycles. The van der Waals surface area contributed by atoms with Crippen LogP contribution in [-0.2, 0) is 31.9 Å². The van der Waals surface area contributed by atoms with Gasteiger partial charge in [-0.15, -0.1) is 0 Å². The summed E-state index contributed by atoms with van der Waals surface area (Å²) in [5, 5.41) is 3.80. The number of methoxy groups -OCH3 is 2. The number of ether oxygens (including phenoxy) is 2. The zero-order chi connectivity index (χ0) is 28.9. The predicted octanol–water partition coefficient (Wildman–Crippen LogP) is 3.65. The SMILES string of the molecule is COC(=O)Cc1ccc2nc3c4ccc5c6c(ccc(c(=O)n3c2c1)c46)c(=O)n1c2c(nc51)C=CC(CC(=O)OC)C2. The first-order valence-electron chi connectivity index (χ1n) is 13.5. The maximum absolute atomic E-state index is 14.0. The fraction of sp³-hybridized carbons (Fsp3) is 0.188. The highest BCUT2D eigenvalue weighted by atomic mass is 16.5. The van der Waals surface area contributed by atoms with E-state index in [0.717, 1.165) is 16.5 Å². The summed E-state index contributed by atoms with van der Waals surface area (Å²) in [5.41, 5.74) is 3.90. The number of imidazole rings is 2. The number of nitrogens with zero attached hydrogens (tertiary/aromatic N) is 4. The highest BCUT2D eigenvalue weighted by molar-refractivity contribution is 6.27. The van der Waals surface area contributed by atoms with Crippen LogP contribution in [0.2, 0.25) is 0 Å². The van der Waals surface area contributed by atoms with Gasteiger partial charge in [-0.3, -0.25) is 28.0 Å². The maximum Gasteiger partial charge on any atom is 0.309 e. The second kappa shape index (κ2) is 8.56. The molecule has 7 aromatic rings. The Morgan fingerprint density at radius 2 is 1.48 bits per heavy atom. The Morgan fingerprint density at radius 3 is 2.17 bits per heavy atom. The van der Waals surface area contributed by atoms with Crippen LogP contribution in [0.5, 0.6) is 0 Å². The number of benzene rings is 3. The van der Waals surface area contributed by atoms with Crippen LogP contribution in [0, 0.1) is 5.92 Å². The van der Waals surface area contributed by atoms with Crippen LogP contribution < -0.4 is 11.1 Å². The zero-order valence-electron chi connectivity index (χ0n) is 22.6. The smallest absolute Gasteiger partial charge is 0.309 e. The predicted molar refractivity (Wildman–Crippen MR) is 157 cm³/mol. The molecule has 1 aliphatic carbocycles. The van der Waals surface area contributed by atoms with Crippen LogP contribution in [0.15, 0.2) is 58.1 Å². The molecule has 10 nitrogen and oxygen atoms in total. The molecule has 0 N–H and O–H groups in total. The summed E-state index contributed by atoms with van der Waals surface area (Å²) >= 11 is 0. The molecule has 3 aromatic carbocycles. The first kappa shape index (κ1) is 24.4. The minimum Gasteiger partial charge on any atom is -0.469 e. The molecule has 1 unspecified atom stereocenters. The molecule has 206 valence electrons. The third-order valence-corrected chi connectivity index (χ3v) is 8.45. The topological polar surface area (TPSA) is 121 Å². The van der Waals surface area contributed by atoms with Crippen molar-refractivity contribution in [2.75, 3.05) is 14.2 Å². The molecule has 0 spiro atoms. The van der Waals surface area contributed by atoms with E-state index in [4.69, 9.17) is 19.4 Å². The monoisotopic (exact) mass is 558 g/mol. The molecule has 0 bridgehead atoms. The fourth-order valence-corrected chi connectivity index (χ4v) is 6.50. The van der Waals surface area contributed by atoms with Crippen molar-refractivity contribution >= 4 is 72.7 Å². The van der Waals surface area contributed by atoms with Crippen LogP contribution in [0.3, 0.4) is 0 Å². The molecule has 0 saturated carbocycles. The summed E-state index contributed by atoms with van der Waals surface area (Å²) in [6.07, 6.45) is 4.57. The Kier molecular flexibility index (Phi) is 4.98. The quantitative estimate of drug-likeness (QED) is 0.237. The van der Waals surface area contributed by atoms with Crippen LogP contribution in [0.1, 0.15) is 23.4 Å². The lowest BCUT2D eigenvalue weighted by molar-refractivity contribution is -0.141. The number of esters is 2. The number of rotatable bonds is 4. The van der Waals surface area contributed by atoms with Gasteiger partial charge in [-0.1, -0.05) is 12.1 Å². The number of hydrogen-bond acceptors (Lipinski definition) is 8. The Bertz CT molecular complexity index is 2460. The Balaban J connectivity index is 1.41. The number of carbonyl (C=O) groups is 2. The second-order valence-electron chi connectivity index (χ2n) is 10.7. The highest BCUT2D eigenvalue weighted by Gasteiger charge is 2.26. The summed E-state index contributed by atoms with van der Waals surface area (Å²) in [5.74, 6) is -0.783. The summed E-state index contributed by atoms with van der Waals surface area (Å²) in [6, 6.07) is 12.6. The van der Waals surface area contributed by atoms with Gasteiger partial charge in [0, 0.05) is 32.3 Å². The largest absolute Gasteiger partial charge is 0.469 e. The van der Waals surface area contributed by atoms with Crippen LogP contribution >= 0.6 is 0 Å². The van der Waals surface area contributed by atoms with E-state index in [1.54, 1.807) is 39.1 Å². The third kappa shape index (κ3) is 3.20. The summed E-state index contributed by atoms with van der Waals surface area (Å²) < 4.78 is 12.9. The second-order valence-corrected chi connectivity index (χ2v) is 10.7. The molecule has 42 heavy (non-hydrogen) atoms. The van der Waals surface area contributed by atoms with Crippen molar-refractivity contribution in [1.29, 1.82) is 0 Å². The number of aromatic nitrogens is 4. The van der Waals surface area contributed by atoms with Crippen molar-refractivity contribution in [3.8, 4) is 0 Å². The average Bonchev–Trinajstić information content (AvgIpc) is 3.57. The van der Waals surface area contributed by atoms with Gasteiger partial charge in [-0.25, -0.2) is 9.97 Å². The van der Waals surface area contributed by atoms with Gasteiger partial charge in [0.25, 0.3) is 11.1 Å². The minimum atomic E-state index is -0.372. The van der Waals surface area contributed by atoms with Gasteiger partial charge in [0.15, 0.2) is 0 Å². The summed E-state index contributed by atoms with van der Waals surface area (Å²) in [6.45, 7) is 0. The number of allylic oxidation sites excluding steroid dienone is 1. The molecule has 0 radical (unpaired) electrons. The molecular formula is C32H22N4O6. The summed E-state index contributed by atoms with van der Waals surface area (Å²) in [4.78, 5) is 61.5. The lowest BCUT2D eigenvalue weighted by Gasteiger charge is -2.16. The van der Waals surface area contributed by atoms with Gasteiger partial charge >= 0.3 is 11.9 Å². The first-order chi connectivity index (χ1) is 20.4. The lowest BCUT2D eigenvalue weighted by Crippen LogP contribution is -2.20. The van der Waals surface area contributed by atoms with E-state index in [2.05, 4.69) is 0 Å². The van der Waals surface area contributed by atoms with E-state index in [9.17, 15) is 19.2 Å². The van der Waals surface area contributed by atoms with E-state index < -0.39 is 0 Å². The standard InChI is InChI=1S/C32H22N4O6/c1-41-25(37)13-15-3-9-21-23(11-15)35-29(33-21)17-5-6-18-28-20(8-7-19(27(17)28)31(35)39)32(40)36-24-12-16(14-26(38)42-2)4-10-22(24)34-30(18)36/h3-11,16H,12-14H2,1-2H3. The maximum atomic E-state index is 14.0. The highest BCUT2D eigenvalue weighted by Crippen LogP contribution is 2.37. The van der Waals surface area contributed by atoms with Crippen LogP contribution in [0.4, 0.5) is 0 Å². The molecule has 1 atom stereocenters. The fourth-order valence-electron chi connectivity index (χ4n) is 6.50. The average molecular weight is 559 g/mol. The molecule has 0 aliphatic heterocycles. The number of fused-ring (bicyclic) bond motifs is 8. The van der Waals surface area contributed by atoms with Crippen LogP contribution in [0.25, 0.3) is 60.7 Å². The van der Waals surface area contributed by atoms with Gasteiger partial charge in [0.2, 0.25) is 0 Å². The zero-order valence-corrected chi connectivity index (χ0v) is 22.6. The van der Waals surface area contributed by atoms with Gasteiger partial charge in [-0.05, 0) is 60.4 Å². The van der Waals surface area contributed by atoms with Crippen LogP contribution in [-0.4, -0.2) is 44.9 Å². The molecule has 1 aliphatic rings. The van der Waals surface area contributed by atoms with Gasteiger partial charge in [0.05, 0.1) is 49.5 Å². The molecule has 8 rings (SSSR count). The van der Waals surface area contributed by atoms with Crippen molar-refractivity contribution in [2.24, 2.45) is 5.92 Å². The van der Waals surface area contributed by atoms with Gasteiger partial charge in [-0.2, -0.15) is 0 Å². The third-order valence-electron chi connectivity index (χ3n) is 8.45. The van der Waals surface area contributed by atoms with E-state index in [-0.39, 0.29) is 41.8 Å². The Labute approximate surface area is 236 Å². The first-order valence-corrected chi connectivity index (χ1v) is 13.5. The molecule has 0 saturated heterocycles. The molecule has 10 heteroatoms. The molecule has 4 aromatic heterocycles. The van der Waals surface area contributed by atoms with Crippen molar-refractivity contribution in [3.63, 3.8) is 0 Å². The van der Waals surface area contributed by atoms with E-state index in [1.165, 1.54) is 14.2 Å². The lowest BCUT2D eigenvalue weighted by atomic mass is 9.93. The van der Waals surface area contributed by atoms with Gasteiger partial charge in [0.1, 0.15) is 11.3 Å². The number of hydrogen-bond donors (Lipinski definition) is 0. The minimum absolute atomic E-state index is 0.0807. The number of pyridine rings is 2. The van der Waals surface area contributed by atoms with E-state index in [0.29, 0.717) is 61.6 Å². The number of carbonyl (C=O) groups excluding carboxylic acids is 2. The molecule has 0 fully saturated rings. The van der Waals surface area contributed by atoms with Gasteiger partial charge < -0.3 is 9.47 Å².